The number of aromatic nitrogens is 2. The molecule has 2 aromatic heterocycles. The van der Waals surface area contributed by atoms with Crippen LogP contribution >= 0.6 is 11.8 Å². The molecule has 42 heavy (non-hydrogen) atoms. The number of rotatable bonds is 3. The van der Waals surface area contributed by atoms with Gasteiger partial charge in [-0.15, -0.1) is 0 Å². The molecule has 0 atom stereocenters. The van der Waals surface area contributed by atoms with Crippen molar-refractivity contribution in [2.24, 2.45) is 0 Å². The number of anilines is 3. The summed E-state index contributed by atoms with van der Waals surface area (Å²) in [5.41, 5.74) is 9.49. The number of para-hydroxylation sites is 4. The summed E-state index contributed by atoms with van der Waals surface area (Å²) in [7, 11) is 0. The maximum absolute atomic E-state index is 2.45. The Morgan fingerprint density at radius 3 is 1.93 bits per heavy atom. The van der Waals surface area contributed by atoms with Crippen molar-refractivity contribution >= 4 is 61.5 Å². The van der Waals surface area contributed by atoms with Gasteiger partial charge in [-0.3, -0.25) is 0 Å². The Morgan fingerprint density at radius 2 is 1.12 bits per heavy atom. The highest BCUT2D eigenvalue weighted by Crippen LogP contribution is 2.51. The zero-order chi connectivity index (χ0) is 27.6. The molecule has 1 aliphatic rings. The maximum atomic E-state index is 2.45. The van der Waals surface area contributed by atoms with Crippen LogP contribution in [-0.2, 0) is 0 Å². The molecule has 3 nitrogen and oxygen atoms in total. The summed E-state index contributed by atoms with van der Waals surface area (Å²) < 4.78 is 4.78. The SMILES string of the molecule is c1ccc(-n2ccc3ccc4c5ccccc5n(-c5cccc(N6c7ccccc7Sc7ccccc76)c5)c4c32)cc1. The molecular weight excluding hydrogens is 531 g/mol. The summed E-state index contributed by atoms with van der Waals surface area (Å²) in [6, 6.07) is 52.5. The molecule has 1 aliphatic heterocycles. The van der Waals surface area contributed by atoms with E-state index < -0.39 is 0 Å². The molecule has 0 saturated heterocycles. The normalized spacial score (nSPS) is 12.6. The van der Waals surface area contributed by atoms with E-state index in [0.717, 1.165) is 17.1 Å². The minimum atomic E-state index is 1.14. The van der Waals surface area contributed by atoms with E-state index in [1.807, 2.05) is 11.8 Å². The van der Waals surface area contributed by atoms with Gasteiger partial charge in [-0.25, -0.2) is 0 Å². The molecule has 0 aliphatic carbocycles. The molecule has 8 aromatic rings. The van der Waals surface area contributed by atoms with Crippen LogP contribution in [0.15, 0.2) is 162 Å². The highest BCUT2D eigenvalue weighted by Gasteiger charge is 2.25. The highest BCUT2D eigenvalue weighted by atomic mass is 32.2. The lowest BCUT2D eigenvalue weighted by molar-refractivity contribution is 1.11. The third kappa shape index (κ3) is 3.42. The zero-order valence-corrected chi connectivity index (χ0v) is 23.5. The molecular formula is C38H25N3S. The van der Waals surface area contributed by atoms with Crippen molar-refractivity contribution < 1.29 is 0 Å². The first-order valence-electron chi connectivity index (χ1n) is 14.2. The van der Waals surface area contributed by atoms with Gasteiger partial charge in [-0.2, -0.15) is 0 Å². The van der Waals surface area contributed by atoms with Crippen LogP contribution < -0.4 is 4.90 Å². The van der Waals surface area contributed by atoms with E-state index in [9.17, 15) is 0 Å². The van der Waals surface area contributed by atoms with Gasteiger partial charge >= 0.3 is 0 Å². The smallest absolute Gasteiger partial charge is 0.0788 e. The molecule has 6 aromatic carbocycles. The summed E-state index contributed by atoms with van der Waals surface area (Å²) >= 11 is 1.84. The topological polar surface area (TPSA) is 13.1 Å². The van der Waals surface area contributed by atoms with Crippen LogP contribution in [0.5, 0.6) is 0 Å². The van der Waals surface area contributed by atoms with Crippen LogP contribution in [0.3, 0.4) is 0 Å². The summed E-state index contributed by atoms with van der Waals surface area (Å²) in [5, 5.41) is 3.73. The van der Waals surface area contributed by atoms with Gasteiger partial charge in [0.2, 0.25) is 0 Å². The molecule has 0 bridgehead atoms. The zero-order valence-electron chi connectivity index (χ0n) is 22.7. The molecule has 0 spiro atoms. The van der Waals surface area contributed by atoms with Gasteiger partial charge in [0.05, 0.1) is 27.9 Å². The van der Waals surface area contributed by atoms with Gasteiger partial charge in [0, 0.05) is 49.2 Å². The van der Waals surface area contributed by atoms with Gasteiger partial charge in [-0.1, -0.05) is 90.6 Å². The Kier molecular flexibility index (Phi) is 5.13. The quantitative estimate of drug-likeness (QED) is 0.215. The fourth-order valence-electron chi connectivity index (χ4n) is 6.50. The standard InChI is InChI=1S/C38H25N3S/c1-2-11-27(12-3-1)39-24-23-26-21-22-31-30-15-4-5-16-32(30)41(38(31)37(26)39)29-14-10-13-28(25-29)40-33-17-6-8-19-35(33)42-36-20-9-7-18-34(36)40/h1-25H. The fraction of sp³-hybridized carbons (Fsp3) is 0. The number of fused-ring (bicyclic) bond motifs is 7. The molecule has 0 fully saturated rings. The third-order valence-corrected chi connectivity index (χ3v) is 9.43. The second-order valence-electron chi connectivity index (χ2n) is 10.7. The van der Waals surface area contributed by atoms with E-state index in [-0.39, 0.29) is 0 Å². The Balaban J connectivity index is 1.34. The van der Waals surface area contributed by atoms with E-state index in [1.54, 1.807) is 0 Å². The predicted molar refractivity (Wildman–Crippen MR) is 176 cm³/mol. The number of nitrogens with zero attached hydrogens (tertiary/aromatic N) is 3. The lowest BCUT2D eigenvalue weighted by Gasteiger charge is -2.33. The second-order valence-corrected chi connectivity index (χ2v) is 11.7. The van der Waals surface area contributed by atoms with Gasteiger partial charge < -0.3 is 14.0 Å². The number of benzene rings is 6. The average molecular weight is 556 g/mol. The first kappa shape index (κ1) is 23.5. The molecule has 4 heteroatoms. The number of hydrogen-bond acceptors (Lipinski definition) is 2. The summed E-state index contributed by atoms with van der Waals surface area (Å²) in [4.78, 5) is 4.93. The molecule has 0 unspecified atom stereocenters. The van der Waals surface area contributed by atoms with Gasteiger partial charge in [0.1, 0.15) is 0 Å². The van der Waals surface area contributed by atoms with E-state index in [0.29, 0.717) is 0 Å². The first-order valence-corrected chi connectivity index (χ1v) is 15.0. The van der Waals surface area contributed by atoms with Crippen molar-refractivity contribution in [1.82, 2.24) is 9.13 Å². The van der Waals surface area contributed by atoms with Crippen LogP contribution in [0.4, 0.5) is 17.1 Å². The lowest BCUT2D eigenvalue weighted by atomic mass is 10.1. The van der Waals surface area contributed by atoms with Crippen molar-refractivity contribution in [3.63, 3.8) is 0 Å². The Hall–Kier alpha value is -5.19. The third-order valence-electron chi connectivity index (χ3n) is 8.30. The van der Waals surface area contributed by atoms with Crippen molar-refractivity contribution in [2.45, 2.75) is 9.79 Å². The molecule has 9 rings (SSSR count). The van der Waals surface area contributed by atoms with Crippen LogP contribution in [0, 0.1) is 0 Å². The average Bonchev–Trinajstić information content (AvgIpc) is 3.63. The van der Waals surface area contributed by atoms with Crippen molar-refractivity contribution in [1.29, 1.82) is 0 Å². The lowest BCUT2D eigenvalue weighted by Crippen LogP contribution is -2.15. The monoisotopic (exact) mass is 555 g/mol. The predicted octanol–water partition coefficient (Wildman–Crippen LogP) is 10.7. The van der Waals surface area contributed by atoms with E-state index in [1.165, 1.54) is 53.9 Å². The summed E-state index contributed by atoms with van der Waals surface area (Å²) in [6.45, 7) is 0. The molecule has 0 saturated carbocycles. The summed E-state index contributed by atoms with van der Waals surface area (Å²) in [5.74, 6) is 0. The van der Waals surface area contributed by atoms with Crippen LogP contribution in [0.2, 0.25) is 0 Å². The summed E-state index contributed by atoms with van der Waals surface area (Å²) in [6.07, 6.45) is 2.19. The van der Waals surface area contributed by atoms with Crippen LogP contribution in [0.1, 0.15) is 0 Å². The van der Waals surface area contributed by atoms with E-state index >= 15 is 0 Å². The van der Waals surface area contributed by atoms with E-state index in [4.69, 9.17) is 0 Å². The molecule has 0 N–H and O–H groups in total. The van der Waals surface area contributed by atoms with Crippen molar-refractivity contribution in [3.8, 4) is 11.4 Å². The van der Waals surface area contributed by atoms with E-state index in [2.05, 4.69) is 166 Å². The Bertz CT molecular complexity index is 2250. The van der Waals surface area contributed by atoms with Gasteiger partial charge in [0.25, 0.3) is 0 Å². The van der Waals surface area contributed by atoms with Gasteiger partial charge in [0.15, 0.2) is 0 Å². The molecule has 0 radical (unpaired) electrons. The fourth-order valence-corrected chi connectivity index (χ4v) is 7.56. The molecule has 0 amide bonds. The largest absolute Gasteiger partial charge is 0.315 e. The first-order chi connectivity index (χ1) is 20.8. The number of hydrogen-bond donors (Lipinski definition) is 0. The van der Waals surface area contributed by atoms with Crippen LogP contribution in [-0.4, -0.2) is 9.13 Å². The maximum Gasteiger partial charge on any atom is 0.0788 e. The van der Waals surface area contributed by atoms with Crippen molar-refractivity contribution in [3.05, 3.63) is 152 Å². The highest BCUT2D eigenvalue weighted by molar-refractivity contribution is 7.99. The van der Waals surface area contributed by atoms with Gasteiger partial charge in [-0.05, 0) is 66.7 Å². The minimum absolute atomic E-state index is 1.14. The van der Waals surface area contributed by atoms with Crippen LogP contribution in [0.25, 0.3) is 44.1 Å². The molecule has 198 valence electrons. The Labute approximate surface area is 247 Å². The second kappa shape index (κ2) is 9.16. The molecule has 3 heterocycles. The van der Waals surface area contributed by atoms with Crippen molar-refractivity contribution in [2.75, 3.05) is 4.90 Å². The Morgan fingerprint density at radius 1 is 0.452 bits per heavy atom. The minimum Gasteiger partial charge on any atom is -0.315 e.